The van der Waals surface area contributed by atoms with Crippen molar-refractivity contribution in [2.45, 2.75) is 27.2 Å². The number of aliphatic hydroxyl groups is 1. The number of nitrogens with zero attached hydrogens (tertiary/aromatic N) is 3. The van der Waals surface area contributed by atoms with Gasteiger partial charge in [0.15, 0.2) is 0 Å². The molecule has 2 aromatic rings. The molecule has 1 saturated heterocycles. The molecule has 2 heterocycles. The van der Waals surface area contributed by atoms with E-state index in [-0.39, 0.29) is 18.4 Å². The molecule has 0 spiro atoms. The maximum absolute atomic E-state index is 13.7. The number of amides is 2. The number of β-amino-alcohol motifs (C(OH)–C–C–N with tert-alkyl or cyclic N) is 1. The summed E-state index contributed by atoms with van der Waals surface area (Å²) < 4.78 is 0. The average Bonchev–Trinajstić information content (AvgIpc) is 3.06. The summed E-state index contributed by atoms with van der Waals surface area (Å²) in [5.74, 6) is -0.529. The highest BCUT2D eigenvalue weighted by atomic mass is 16.3. The monoisotopic (exact) mass is 433 g/mol. The van der Waals surface area contributed by atoms with Gasteiger partial charge in [-0.25, -0.2) is 4.90 Å². The first-order valence-electron chi connectivity index (χ1n) is 11.3. The number of imide groups is 1. The minimum atomic E-state index is -0.268. The Morgan fingerprint density at radius 1 is 0.875 bits per heavy atom. The van der Waals surface area contributed by atoms with Crippen molar-refractivity contribution < 1.29 is 14.7 Å². The highest BCUT2D eigenvalue weighted by Crippen LogP contribution is 2.35. The predicted octanol–water partition coefficient (Wildman–Crippen LogP) is 2.76. The van der Waals surface area contributed by atoms with Gasteiger partial charge in [-0.1, -0.05) is 37.3 Å². The van der Waals surface area contributed by atoms with Crippen LogP contribution >= 0.6 is 0 Å². The van der Waals surface area contributed by atoms with Gasteiger partial charge in [0, 0.05) is 32.7 Å². The Hall–Kier alpha value is -2.96. The van der Waals surface area contributed by atoms with E-state index in [0.29, 0.717) is 36.6 Å². The van der Waals surface area contributed by atoms with Crippen LogP contribution in [0, 0.1) is 13.8 Å². The molecule has 6 heteroatoms. The second-order valence-electron chi connectivity index (χ2n) is 8.54. The van der Waals surface area contributed by atoms with Crippen LogP contribution < -0.4 is 4.90 Å². The molecular weight excluding hydrogens is 402 g/mol. The minimum absolute atomic E-state index is 0.121. The van der Waals surface area contributed by atoms with Gasteiger partial charge >= 0.3 is 0 Å². The maximum Gasteiger partial charge on any atom is 0.282 e. The number of anilines is 1. The zero-order valence-electron chi connectivity index (χ0n) is 19.1. The normalized spacial score (nSPS) is 17.6. The number of carbonyl (C=O) groups excluding carboxylic acids is 2. The van der Waals surface area contributed by atoms with E-state index in [2.05, 4.69) is 11.8 Å². The molecule has 4 rings (SSSR count). The first-order valence-corrected chi connectivity index (χ1v) is 11.3. The van der Waals surface area contributed by atoms with Crippen LogP contribution in [0.4, 0.5) is 5.69 Å². The molecule has 0 bridgehead atoms. The third kappa shape index (κ3) is 4.08. The Morgan fingerprint density at radius 3 is 2.16 bits per heavy atom. The molecule has 168 valence electrons. The molecule has 2 aliphatic heterocycles. The summed E-state index contributed by atoms with van der Waals surface area (Å²) in [5.41, 5.74) is 5.76. The Morgan fingerprint density at radius 2 is 1.56 bits per heavy atom. The molecule has 6 nitrogen and oxygen atoms in total. The van der Waals surface area contributed by atoms with Crippen LogP contribution in [-0.2, 0) is 16.0 Å². The van der Waals surface area contributed by atoms with E-state index in [1.807, 2.05) is 61.2 Å². The first kappa shape index (κ1) is 22.2. The van der Waals surface area contributed by atoms with E-state index in [1.54, 1.807) is 0 Å². The Bertz CT molecular complexity index is 1050. The van der Waals surface area contributed by atoms with Gasteiger partial charge in [-0.05, 0) is 54.7 Å². The second kappa shape index (κ2) is 9.27. The number of hydrogen-bond donors (Lipinski definition) is 1. The van der Waals surface area contributed by atoms with E-state index in [0.717, 1.165) is 41.8 Å². The van der Waals surface area contributed by atoms with Crippen molar-refractivity contribution in [3.05, 3.63) is 70.4 Å². The molecule has 1 N–H and O–H groups in total. The first-order chi connectivity index (χ1) is 15.4. The van der Waals surface area contributed by atoms with Crippen LogP contribution in [-0.4, -0.2) is 66.1 Å². The van der Waals surface area contributed by atoms with Crippen LogP contribution in [0.15, 0.2) is 48.2 Å². The number of piperazine rings is 1. The van der Waals surface area contributed by atoms with Crippen LogP contribution in [0.1, 0.15) is 29.2 Å². The van der Waals surface area contributed by atoms with Crippen LogP contribution in [0.25, 0.3) is 5.57 Å². The Kier molecular flexibility index (Phi) is 6.44. The molecule has 2 aliphatic rings. The summed E-state index contributed by atoms with van der Waals surface area (Å²) in [4.78, 5) is 32.9. The van der Waals surface area contributed by atoms with Gasteiger partial charge in [0.05, 0.1) is 17.9 Å². The van der Waals surface area contributed by atoms with Gasteiger partial charge in [0.2, 0.25) is 0 Å². The number of carbonyl (C=O) groups is 2. The molecule has 2 aromatic carbocycles. The van der Waals surface area contributed by atoms with E-state index < -0.39 is 0 Å². The van der Waals surface area contributed by atoms with Crippen molar-refractivity contribution in [1.29, 1.82) is 0 Å². The predicted molar refractivity (Wildman–Crippen MR) is 126 cm³/mol. The molecule has 32 heavy (non-hydrogen) atoms. The lowest BCUT2D eigenvalue weighted by Gasteiger charge is -2.36. The lowest BCUT2D eigenvalue weighted by Crippen LogP contribution is -2.48. The van der Waals surface area contributed by atoms with Crippen molar-refractivity contribution in [1.82, 2.24) is 9.80 Å². The van der Waals surface area contributed by atoms with Crippen molar-refractivity contribution in [3.8, 4) is 0 Å². The lowest BCUT2D eigenvalue weighted by molar-refractivity contribution is -0.120. The lowest BCUT2D eigenvalue weighted by atomic mass is 9.99. The van der Waals surface area contributed by atoms with E-state index in [9.17, 15) is 14.7 Å². The summed E-state index contributed by atoms with van der Waals surface area (Å²) >= 11 is 0. The number of aryl methyl sites for hydroxylation is 3. The van der Waals surface area contributed by atoms with Gasteiger partial charge in [-0.3, -0.25) is 14.5 Å². The topological polar surface area (TPSA) is 64.1 Å². The Balaban J connectivity index is 1.74. The van der Waals surface area contributed by atoms with Crippen LogP contribution in [0.3, 0.4) is 0 Å². The van der Waals surface area contributed by atoms with Crippen molar-refractivity contribution in [2.75, 3.05) is 44.2 Å². The third-order valence-corrected chi connectivity index (χ3v) is 6.56. The Labute approximate surface area is 189 Å². The molecule has 0 saturated carbocycles. The van der Waals surface area contributed by atoms with Crippen molar-refractivity contribution in [3.63, 3.8) is 0 Å². The molecular formula is C26H31N3O3. The number of benzene rings is 2. The SMILES string of the molecule is CCc1ccc(N2C(=O)C(c3ccc(C)c(C)c3)=C(N3CCN(CCO)CC3)C2=O)cc1. The zero-order valence-corrected chi connectivity index (χ0v) is 19.1. The summed E-state index contributed by atoms with van der Waals surface area (Å²) in [6.07, 6.45) is 0.900. The van der Waals surface area contributed by atoms with Gasteiger partial charge < -0.3 is 10.0 Å². The molecule has 0 aromatic heterocycles. The molecule has 0 atom stereocenters. The number of hydrogen-bond acceptors (Lipinski definition) is 5. The van der Waals surface area contributed by atoms with Crippen molar-refractivity contribution in [2.24, 2.45) is 0 Å². The summed E-state index contributed by atoms with van der Waals surface area (Å²) in [5, 5.41) is 9.24. The third-order valence-electron chi connectivity index (χ3n) is 6.56. The fraction of sp³-hybridized carbons (Fsp3) is 0.385. The number of rotatable bonds is 6. The zero-order chi connectivity index (χ0) is 22.8. The molecule has 2 amide bonds. The molecule has 0 radical (unpaired) electrons. The molecule has 0 aliphatic carbocycles. The summed E-state index contributed by atoms with van der Waals surface area (Å²) in [7, 11) is 0. The average molecular weight is 434 g/mol. The standard InChI is InChI=1S/C26H31N3O3/c1-4-20-6-9-22(10-7-20)29-25(31)23(21-8-5-18(2)19(3)17-21)24(26(29)32)28-13-11-27(12-14-28)15-16-30/h5-10,17,30H,4,11-16H2,1-3H3. The maximum atomic E-state index is 13.7. The van der Waals surface area contributed by atoms with Gasteiger partial charge in [0.1, 0.15) is 5.70 Å². The smallest absolute Gasteiger partial charge is 0.282 e. The summed E-state index contributed by atoms with van der Waals surface area (Å²) in [6, 6.07) is 13.6. The van der Waals surface area contributed by atoms with Gasteiger partial charge in [-0.15, -0.1) is 0 Å². The van der Waals surface area contributed by atoms with E-state index in [1.165, 1.54) is 4.90 Å². The van der Waals surface area contributed by atoms with Crippen LogP contribution in [0.2, 0.25) is 0 Å². The van der Waals surface area contributed by atoms with Gasteiger partial charge in [0.25, 0.3) is 11.8 Å². The fourth-order valence-corrected chi connectivity index (χ4v) is 4.42. The summed E-state index contributed by atoms with van der Waals surface area (Å²) in [6.45, 7) is 9.67. The van der Waals surface area contributed by atoms with E-state index >= 15 is 0 Å². The number of aliphatic hydroxyl groups excluding tert-OH is 1. The van der Waals surface area contributed by atoms with Crippen LogP contribution in [0.5, 0.6) is 0 Å². The van der Waals surface area contributed by atoms with E-state index in [4.69, 9.17) is 0 Å². The van der Waals surface area contributed by atoms with Crippen molar-refractivity contribution >= 4 is 23.1 Å². The molecule has 1 fully saturated rings. The quantitative estimate of drug-likeness (QED) is 0.710. The fourth-order valence-electron chi connectivity index (χ4n) is 4.42. The minimum Gasteiger partial charge on any atom is -0.395 e. The highest BCUT2D eigenvalue weighted by Gasteiger charge is 2.43. The molecule has 0 unspecified atom stereocenters. The van der Waals surface area contributed by atoms with Gasteiger partial charge in [-0.2, -0.15) is 0 Å². The highest BCUT2D eigenvalue weighted by molar-refractivity contribution is 6.45. The largest absolute Gasteiger partial charge is 0.395 e. The second-order valence-corrected chi connectivity index (χ2v) is 8.54.